The van der Waals surface area contributed by atoms with Crippen LogP contribution in [0.5, 0.6) is 0 Å². The summed E-state index contributed by atoms with van der Waals surface area (Å²) in [5.41, 5.74) is 4.97. The van der Waals surface area contributed by atoms with E-state index >= 15 is 0 Å². The van der Waals surface area contributed by atoms with Crippen LogP contribution in [0.15, 0.2) is 53.5 Å². The fourth-order valence-electron chi connectivity index (χ4n) is 3.65. The maximum absolute atomic E-state index is 5.17. The summed E-state index contributed by atoms with van der Waals surface area (Å²) in [6.07, 6.45) is 2.59. The Morgan fingerprint density at radius 2 is 1.83 bits per heavy atom. The smallest absolute Gasteiger partial charge is 0.192 e. The molecule has 0 saturated carbocycles. The Bertz CT molecular complexity index is 782. The van der Waals surface area contributed by atoms with Gasteiger partial charge in [0, 0.05) is 32.4 Å². The number of nitrogens with zero attached hydrogens (tertiary/aromatic N) is 2. The third-order valence-corrected chi connectivity index (χ3v) is 5.29. The summed E-state index contributed by atoms with van der Waals surface area (Å²) in [5, 5.41) is 6.92. The summed E-state index contributed by atoms with van der Waals surface area (Å²) in [6.45, 7) is 8.73. The average Bonchev–Trinajstić information content (AvgIpc) is 3.28. The molecule has 0 bridgehead atoms. The van der Waals surface area contributed by atoms with E-state index in [1.807, 2.05) is 0 Å². The number of nitrogens with one attached hydrogen (secondary N) is 2. The number of benzene rings is 2. The van der Waals surface area contributed by atoms with Gasteiger partial charge in [0.15, 0.2) is 5.96 Å². The van der Waals surface area contributed by atoms with Gasteiger partial charge in [-0.2, -0.15) is 0 Å². The first-order chi connectivity index (χ1) is 14.2. The monoisotopic (exact) mass is 394 g/mol. The molecule has 1 aliphatic rings. The summed E-state index contributed by atoms with van der Waals surface area (Å²) in [5.74, 6) is 0.840. The lowest BCUT2D eigenvalue weighted by molar-refractivity contribution is 0.185. The number of hydrogen-bond donors (Lipinski definition) is 2. The molecule has 2 N–H and O–H groups in total. The third-order valence-electron chi connectivity index (χ3n) is 5.29. The Labute approximate surface area is 175 Å². The van der Waals surface area contributed by atoms with Gasteiger partial charge >= 0.3 is 0 Å². The Morgan fingerprint density at radius 1 is 1.10 bits per heavy atom. The molecular formula is C24H34N4O. The van der Waals surface area contributed by atoms with Crippen LogP contribution in [-0.2, 0) is 17.9 Å². The molecule has 1 unspecified atom stereocenters. The molecule has 0 spiro atoms. The molecule has 0 aliphatic carbocycles. The van der Waals surface area contributed by atoms with Crippen LogP contribution < -0.4 is 15.5 Å². The molecule has 1 fully saturated rings. The molecule has 1 saturated heterocycles. The van der Waals surface area contributed by atoms with E-state index in [2.05, 4.69) is 77.9 Å². The van der Waals surface area contributed by atoms with Gasteiger partial charge < -0.3 is 20.3 Å². The minimum Gasteiger partial charge on any atom is -0.380 e. The van der Waals surface area contributed by atoms with Crippen molar-refractivity contribution < 1.29 is 4.74 Å². The number of aliphatic imine (C=N–C) groups is 1. The largest absolute Gasteiger partial charge is 0.380 e. The fourth-order valence-corrected chi connectivity index (χ4v) is 3.65. The minimum atomic E-state index is 0.180. The van der Waals surface area contributed by atoms with E-state index < -0.39 is 0 Å². The lowest BCUT2D eigenvalue weighted by Crippen LogP contribution is -2.38. The molecule has 156 valence electrons. The maximum atomic E-state index is 5.17. The highest BCUT2D eigenvalue weighted by molar-refractivity contribution is 5.80. The van der Waals surface area contributed by atoms with E-state index in [-0.39, 0.29) is 6.04 Å². The molecule has 0 radical (unpaired) electrons. The maximum Gasteiger partial charge on any atom is 0.192 e. The Balaban J connectivity index is 1.64. The molecule has 29 heavy (non-hydrogen) atoms. The lowest BCUT2D eigenvalue weighted by atomic mass is 10.1. The van der Waals surface area contributed by atoms with Crippen LogP contribution in [-0.4, -0.2) is 32.7 Å². The normalized spacial score (nSPS) is 15.4. The Kier molecular flexibility index (Phi) is 7.94. The molecule has 1 heterocycles. The van der Waals surface area contributed by atoms with Crippen molar-refractivity contribution in [2.24, 2.45) is 4.99 Å². The zero-order valence-electron chi connectivity index (χ0n) is 17.9. The first-order valence-electron chi connectivity index (χ1n) is 10.7. The number of hydrogen-bond acceptors (Lipinski definition) is 3. The highest BCUT2D eigenvalue weighted by Gasteiger charge is 2.14. The van der Waals surface area contributed by atoms with Crippen LogP contribution in [0.3, 0.4) is 0 Å². The molecule has 5 nitrogen and oxygen atoms in total. The number of rotatable bonds is 8. The van der Waals surface area contributed by atoms with Crippen LogP contribution in [0.4, 0.5) is 5.69 Å². The van der Waals surface area contributed by atoms with Gasteiger partial charge in [-0.15, -0.1) is 0 Å². The van der Waals surface area contributed by atoms with Crippen LogP contribution in [0.25, 0.3) is 0 Å². The Hall–Kier alpha value is -2.53. The number of methoxy groups -OCH3 is 1. The topological polar surface area (TPSA) is 48.9 Å². The van der Waals surface area contributed by atoms with Crippen LogP contribution in [0, 0.1) is 0 Å². The van der Waals surface area contributed by atoms with E-state index in [4.69, 9.17) is 9.73 Å². The molecule has 1 aliphatic heterocycles. The quantitative estimate of drug-likeness (QED) is 0.519. The second-order valence-corrected chi connectivity index (χ2v) is 7.60. The van der Waals surface area contributed by atoms with Crippen molar-refractivity contribution in [1.29, 1.82) is 0 Å². The van der Waals surface area contributed by atoms with Gasteiger partial charge in [-0.3, -0.25) is 0 Å². The van der Waals surface area contributed by atoms with E-state index in [0.717, 1.165) is 12.5 Å². The fraction of sp³-hybridized carbons (Fsp3) is 0.458. The third kappa shape index (κ3) is 6.23. The van der Waals surface area contributed by atoms with Crippen molar-refractivity contribution in [2.45, 2.75) is 45.9 Å². The number of guanidine groups is 1. The SMILES string of the molecule is CCNC(=NCc1ccc(COC)cc1)NC(C)c1cccc(N2CCCC2)c1. The van der Waals surface area contributed by atoms with Crippen molar-refractivity contribution in [2.75, 3.05) is 31.6 Å². The van der Waals surface area contributed by atoms with Crippen molar-refractivity contribution in [1.82, 2.24) is 10.6 Å². The van der Waals surface area contributed by atoms with E-state index in [9.17, 15) is 0 Å². The highest BCUT2D eigenvalue weighted by Crippen LogP contribution is 2.24. The van der Waals surface area contributed by atoms with E-state index in [1.165, 1.54) is 48.3 Å². The predicted molar refractivity (Wildman–Crippen MR) is 121 cm³/mol. The standard InChI is InChI=1S/C24H34N4O/c1-4-25-24(26-17-20-10-12-21(13-11-20)18-29-3)27-19(2)22-8-7-9-23(16-22)28-14-5-6-15-28/h7-13,16,19H,4-6,14-15,17-18H2,1-3H3,(H2,25,26,27). The number of anilines is 1. The number of ether oxygens (including phenoxy) is 1. The average molecular weight is 395 g/mol. The van der Waals surface area contributed by atoms with Crippen molar-refractivity contribution in [3.63, 3.8) is 0 Å². The molecule has 1 atom stereocenters. The molecule has 0 amide bonds. The van der Waals surface area contributed by atoms with Crippen LogP contribution in [0.2, 0.25) is 0 Å². The van der Waals surface area contributed by atoms with Crippen LogP contribution >= 0.6 is 0 Å². The highest BCUT2D eigenvalue weighted by atomic mass is 16.5. The second kappa shape index (κ2) is 10.9. The summed E-state index contributed by atoms with van der Waals surface area (Å²) in [6, 6.07) is 17.5. The molecule has 2 aromatic carbocycles. The van der Waals surface area contributed by atoms with Gasteiger partial charge in [0.25, 0.3) is 0 Å². The first kappa shape index (κ1) is 21.2. The van der Waals surface area contributed by atoms with Crippen molar-refractivity contribution >= 4 is 11.6 Å². The molecule has 0 aromatic heterocycles. The van der Waals surface area contributed by atoms with Gasteiger partial charge in [-0.25, -0.2) is 4.99 Å². The van der Waals surface area contributed by atoms with Gasteiger partial charge in [0.1, 0.15) is 0 Å². The van der Waals surface area contributed by atoms with Gasteiger partial charge in [-0.05, 0) is 55.5 Å². The van der Waals surface area contributed by atoms with Gasteiger partial charge in [0.05, 0.1) is 19.2 Å². The molecule has 2 aromatic rings. The molecular weight excluding hydrogens is 360 g/mol. The van der Waals surface area contributed by atoms with Crippen LogP contribution in [0.1, 0.15) is 49.4 Å². The van der Waals surface area contributed by atoms with Crippen molar-refractivity contribution in [3.05, 3.63) is 65.2 Å². The van der Waals surface area contributed by atoms with Gasteiger partial charge in [-0.1, -0.05) is 36.4 Å². The summed E-state index contributed by atoms with van der Waals surface area (Å²) < 4.78 is 5.17. The van der Waals surface area contributed by atoms with E-state index in [0.29, 0.717) is 13.2 Å². The van der Waals surface area contributed by atoms with Crippen molar-refractivity contribution in [3.8, 4) is 0 Å². The second-order valence-electron chi connectivity index (χ2n) is 7.60. The van der Waals surface area contributed by atoms with E-state index in [1.54, 1.807) is 7.11 Å². The summed E-state index contributed by atoms with van der Waals surface area (Å²) in [4.78, 5) is 7.25. The Morgan fingerprint density at radius 3 is 2.52 bits per heavy atom. The first-order valence-corrected chi connectivity index (χ1v) is 10.7. The molecule has 5 heteroatoms. The lowest BCUT2D eigenvalue weighted by Gasteiger charge is -2.22. The van der Waals surface area contributed by atoms with Gasteiger partial charge in [0.2, 0.25) is 0 Å². The zero-order valence-corrected chi connectivity index (χ0v) is 17.9. The zero-order chi connectivity index (χ0) is 20.5. The predicted octanol–water partition coefficient (Wildman–Crippen LogP) is 4.25. The minimum absolute atomic E-state index is 0.180. The molecule has 3 rings (SSSR count). The summed E-state index contributed by atoms with van der Waals surface area (Å²) >= 11 is 0. The summed E-state index contributed by atoms with van der Waals surface area (Å²) in [7, 11) is 1.72.